The molecule has 17 rings (SSSR count). The predicted molar refractivity (Wildman–Crippen MR) is 338 cm³/mol. The molecule has 16 aromatic rings. The maximum atomic E-state index is 5.56. The summed E-state index contributed by atoms with van der Waals surface area (Å²) in [5, 5.41) is 2.43. The number of para-hydroxylation sites is 3. The van der Waals surface area contributed by atoms with Crippen LogP contribution in [-0.4, -0.2) is 28.1 Å². The van der Waals surface area contributed by atoms with Crippen molar-refractivity contribution in [2.45, 2.75) is 12.8 Å². The molecule has 0 N–H and O–H groups in total. The monoisotopic (exact) mass is 1050 g/mol. The van der Waals surface area contributed by atoms with Gasteiger partial charge in [0.15, 0.2) is 0 Å². The SMILES string of the molecule is Cc1c(-c2ccc3nc4n(-c5ccccc5)c5ccc(-c6ccccc6)cc5n4c3c2)c(-c2ccccc2)cc(-n2c3ccccc3c3ccccc32)c1-c1ccc2nc3n(c2c1)-c1cc(-c2ccccc2)ccc1C3c1ccccc1. The van der Waals surface area contributed by atoms with Gasteiger partial charge in [0.25, 0.3) is 0 Å². The van der Waals surface area contributed by atoms with Gasteiger partial charge in [-0.2, -0.15) is 0 Å². The molecule has 5 heterocycles. The second kappa shape index (κ2) is 18.1. The van der Waals surface area contributed by atoms with E-state index in [9.17, 15) is 0 Å². The van der Waals surface area contributed by atoms with Gasteiger partial charge in [0, 0.05) is 22.0 Å². The summed E-state index contributed by atoms with van der Waals surface area (Å²) in [5.74, 6) is 1.87. The van der Waals surface area contributed by atoms with Crippen LogP contribution in [0.5, 0.6) is 0 Å². The van der Waals surface area contributed by atoms with Crippen LogP contribution < -0.4 is 0 Å². The highest BCUT2D eigenvalue weighted by Gasteiger charge is 2.35. The Morgan fingerprint density at radius 2 is 0.854 bits per heavy atom. The van der Waals surface area contributed by atoms with Gasteiger partial charge in [0.2, 0.25) is 5.78 Å². The molecule has 1 aliphatic rings. The van der Waals surface area contributed by atoms with Gasteiger partial charge in [-0.15, -0.1) is 0 Å². The zero-order valence-electron chi connectivity index (χ0n) is 44.8. The molecule has 0 saturated carbocycles. The van der Waals surface area contributed by atoms with Crippen LogP contribution in [0.4, 0.5) is 0 Å². The molecule has 0 bridgehead atoms. The summed E-state index contributed by atoms with van der Waals surface area (Å²) in [7, 11) is 0. The molecule has 0 amide bonds. The van der Waals surface area contributed by atoms with Crippen molar-refractivity contribution < 1.29 is 0 Å². The predicted octanol–water partition coefficient (Wildman–Crippen LogP) is 19.0. The average molecular weight is 1050 g/mol. The highest BCUT2D eigenvalue weighted by atomic mass is 15.2. The van der Waals surface area contributed by atoms with Crippen LogP contribution in [-0.2, 0) is 0 Å². The van der Waals surface area contributed by atoms with Gasteiger partial charge >= 0.3 is 0 Å². The zero-order valence-corrected chi connectivity index (χ0v) is 44.8. The van der Waals surface area contributed by atoms with E-state index in [0.29, 0.717) is 0 Å². The lowest BCUT2D eigenvalue weighted by molar-refractivity contribution is 0.910. The number of nitrogens with zero attached hydrogens (tertiary/aromatic N) is 6. The zero-order chi connectivity index (χ0) is 54.0. The van der Waals surface area contributed by atoms with Gasteiger partial charge < -0.3 is 4.57 Å². The Hall–Kier alpha value is -10.8. The average Bonchev–Trinajstić information content (AvgIpc) is 4.22. The number of rotatable bonds is 8. The van der Waals surface area contributed by atoms with Gasteiger partial charge in [-0.25, -0.2) is 9.97 Å². The summed E-state index contributed by atoms with van der Waals surface area (Å²) in [5.41, 5.74) is 27.0. The van der Waals surface area contributed by atoms with Crippen LogP contribution >= 0.6 is 0 Å². The van der Waals surface area contributed by atoms with Crippen molar-refractivity contribution in [3.8, 4) is 72.7 Å². The highest BCUT2D eigenvalue weighted by molar-refractivity contribution is 6.11. The Labute approximate surface area is 473 Å². The van der Waals surface area contributed by atoms with Crippen molar-refractivity contribution >= 4 is 60.7 Å². The van der Waals surface area contributed by atoms with E-state index in [4.69, 9.17) is 9.97 Å². The Bertz CT molecular complexity index is 5150. The summed E-state index contributed by atoms with van der Waals surface area (Å²) in [6, 6.07) is 102. The summed E-state index contributed by atoms with van der Waals surface area (Å²) in [6.07, 6.45) is 0. The van der Waals surface area contributed by atoms with E-state index in [2.05, 4.69) is 304 Å². The molecule has 0 fully saturated rings. The quantitative estimate of drug-likeness (QED) is 0.152. The van der Waals surface area contributed by atoms with Crippen molar-refractivity contribution in [1.29, 1.82) is 0 Å². The molecule has 4 aromatic heterocycles. The van der Waals surface area contributed by atoms with Crippen LogP contribution in [0.2, 0.25) is 0 Å². The highest BCUT2D eigenvalue weighted by Crippen LogP contribution is 2.50. The Kier molecular flexibility index (Phi) is 10.2. The number of aromatic nitrogens is 6. The third-order valence-electron chi connectivity index (χ3n) is 17.2. The van der Waals surface area contributed by atoms with Gasteiger partial charge in [-0.3, -0.25) is 13.5 Å². The van der Waals surface area contributed by atoms with E-state index in [1.165, 1.54) is 49.7 Å². The van der Waals surface area contributed by atoms with E-state index < -0.39 is 0 Å². The van der Waals surface area contributed by atoms with Crippen molar-refractivity contribution in [1.82, 2.24) is 28.1 Å². The normalized spacial score (nSPS) is 13.1. The first-order valence-corrected chi connectivity index (χ1v) is 28.2. The van der Waals surface area contributed by atoms with Gasteiger partial charge in [-0.05, 0) is 146 Å². The van der Waals surface area contributed by atoms with E-state index in [-0.39, 0.29) is 5.92 Å². The maximum Gasteiger partial charge on any atom is 0.220 e. The first kappa shape index (κ1) is 46.1. The minimum atomic E-state index is -0.0277. The molecule has 384 valence electrons. The van der Waals surface area contributed by atoms with Crippen molar-refractivity contribution in [2.24, 2.45) is 0 Å². The van der Waals surface area contributed by atoms with Crippen LogP contribution in [0.1, 0.15) is 28.4 Å². The first-order chi connectivity index (χ1) is 40.6. The lowest BCUT2D eigenvalue weighted by Crippen LogP contribution is -2.03. The van der Waals surface area contributed by atoms with Crippen LogP contribution in [0.3, 0.4) is 0 Å². The summed E-state index contributed by atoms with van der Waals surface area (Å²) >= 11 is 0. The fourth-order valence-electron chi connectivity index (χ4n) is 13.6. The lowest BCUT2D eigenvalue weighted by Gasteiger charge is -2.23. The summed E-state index contributed by atoms with van der Waals surface area (Å²) in [6.45, 7) is 2.34. The smallest absolute Gasteiger partial charge is 0.220 e. The van der Waals surface area contributed by atoms with E-state index >= 15 is 0 Å². The number of fused-ring (bicyclic) bond motifs is 13. The molecule has 0 radical (unpaired) electrons. The second-order valence-electron chi connectivity index (χ2n) is 21.7. The first-order valence-electron chi connectivity index (χ1n) is 28.2. The minimum Gasteiger partial charge on any atom is -0.309 e. The molecule has 0 aliphatic carbocycles. The fraction of sp³-hybridized carbons (Fsp3) is 0.0263. The Morgan fingerprint density at radius 3 is 1.52 bits per heavy atom. The van der Waals surface area contributed by atoms with Crippen LogP contribution in [0, 0.1) is 6.92 Å². The molecule has 0 spiro atoms. The van der Waals surface area contributed by atoms with E-state index in [1.54, 1.807) is 0 Å². The van der Waals surface area contributed by atoms with E-state index in [1.807, 2.05) is 0 Å². The third kappa shape index (κ3) is 6.95. The molecule has 1 aliphatic heterocycles. The molecular weight excluding hydrogens is 997 g/mol. The Balaban J connectivity index is 0.960. The van der Waals surface area contributed by atoms with Crippen molar-refractivity contribution in [3.05, 3.63) is 302 Å². The molecule has 0 saturated heterocycles. The molecule has 1 atom stereocenters. The number of benzene rings is 12. The number of hydrogen-bond acceptors (Lipinski definition) is 2. The van der Waals surface area contributed by atoms with Crippen molar-refractivity contribution in [2.75, 3.05) is 0 Å². The molecular formula is C76H50N6. The number of hydrogen-bond donors (Lipinski definition) is 0. The standard InChI is InChI=1S/C76H50N6/c1-48-72(55-36-41-63-69(45-55)82-70-44-54(50-23-9-3-10-24-50)38-42-66(70)79(76(82)78-63)57-29-15-6-16-30-57)61(51-25-11-4-12-26-51)47-71(80-64-33-19-17-31-58(64)59-32-18-20-34-65(59)80)73(48)56-37-40-62-68(46-56)81-67-43-53(49-21-7-2-8-22-49)35-39-60(67)74(75(81)77-62)52-27-13-5-14-28-52/h2-47,74H,1H3. The topological polar surface area (TPSA) is 45.0 Å². The molecule has 1 unspecified atom stereocenters. The fourth-order valence-corrected chi connectivity index (χ4v) is 13.6. The number of imidazole rings is 3. The molecule has 82 heavy (non-hydrogen) atoms. The summed E-state index contributed by atoms with van der Waals surface area (Å²) < 4.78 is 9.63. The Morgan fingerprint density at radius 1 is 0.329 bits per heavy atom. The molecule has 6 heteroatoms. The lowest BCUT2D eigenvalue weighted by atomic mass is 9.84. The van der Waals surface area contributed by atoms with Gasteiger partial charge in [0.05, 0.1) is 61.4 Å². The van der Waals surface area contributed by atoms with Crippen LogP contribution in [0.25, 0.3) is 133 Å². The minimum absolute atomic E-state index is 0.0277. The molecule has 6 nitrogen and oxygen atoms in total. The largest absolute Gasteiger partial charge is 0.309 e. The molecule has 12 aromatic carbocycles. The maximum absolute atomic E-state index is 5.56. The van der Waals surface area contributed by atoms with Crippen LogP contribution in [0.15, 0.2) is 279 Å². The van der Waals surface area contributed by atoms with Gasteiger partial charge in [-0.1, -0.05) is 206 Å². The van der Waals surface area contributed by atoms with E-state index in [0.717, 1.165) is 106 Å². The van der Waals surface area contributed by atoms with Gasteiger partial charge in [0.1, 0.15) is 5.82 Å². The third-order valence-corrected chi connectivity index (χ3v) is 17.2. The second-order valence-corrected chi connectivity index (χ2v) is 21.7. The van der Waals surface area contributed by atoms with Crippen molar-refractivity contribution in [3.63, 3.8) is 0 Å². The summed E-state index contributed by atoms with van der Waals surface area (Å²) in [4.78, 5) is 11.0.